The van der Waals surface area contributed by atoms with Crippen LogP contribution in [0.2, 0.25) is 0 Å². The maximum Gasteiger partial charge on any atom is 0.227 e. The molecule has 0 radical (unpaired) electrons. The lowest BCUT2D eigenvalue weighted by atomic mass is 9.94. The minimum Gasteiger partial charge on any atom is -0.296 e. The van der Waals surface area contributed by atoms with Crippen LogP contribution < -0.4 is 5.32 Å². The first-order chi connectivity index (χ1) is 6.65. The van der Waals surface area contributed by atoms with Crippen molar-refractivity contribution in [1.82, 2.24) is 10.3 Å². The first-order valence-electron chi connectivity index (χ1n) is 4.40. The van der Waals surface area contributed by atoms with E-state index in [1.807, 2.05) is 12.3 Å². The minimum atomic E-state index is -0.197. The van der Waals surface area contributed by atoms with Crippen LogP contribution >= 0.6 is 11.3 Å². The molecule has 4 nitrogen and oxygen atoms in total. The van der Waals surface area contributed by atoms with Crippen molar-refractivity contribution in [3.05, 3.63) is 16.1 Å². The predicted octanol–water partition coefficient (Wildman–Crippen LogP) is 0.972. The van der Waals surface area contributed by atoms with E-state index in [0.29, 0.717) is 12.8 Å². The Labute approximate surface area is 85.3 Å². The van der Waals surface area contributed by atoms with Crippen LogP contribution in [0.15, 0.2) is 5.38 Å². The van der Waals surface area contributed by atoms with Crippen LogP contribution in [0.4, 0.5) is 0 Å². The molecule has 1 N–H and O–H groups in total. The quantitative estimate of drug-likeness (QED) is 0.703. The molecule has 0 aliphatic carbocycles. The van der Waals surface area contributed by atoms with Gasteiger partial charge in [0.1, 0.15) is 0 Å². The molecule has 1 aromatic rings. The van der Waals surface area contributed by atoms with Crippen molar-refractivity contribution in [3.63, 3.8) is 0 Å². The number of rotatable bonds is 1. The highest BCUT2D eigenvalue weighted by Gasteiger charge is 2.27. The van der Waals surface area contributed by atoms with Gasteiger partial charge in [0.15, 0.2) is 0 Å². The van der Waals surface area contributed by atoms with Crippen LogP contribution in [0, 0.1) is 6.92 Å². The molecule has 0 spiro atoms. The second-order valence-corrected chi connectivity index (χ2v) is 4.43. The van der Waals surface area contributed by atoms with Gasteiger partial charge in [-0.05, 0) is 6.92 Å². The zero-order valence-electron chi connectivity index (χ0n) is 7.74. The Kier molecular flexibility index (Phi) is 2.33. The number of piperidine rings is 1. The second-order valence-electron chi connectivity index (χ2n) is 3.37. The number of nitrogens with zero attached hydrogens (tertiary/aromatic N) is 1. The summed E-state index contributed by atoms with van der Waals surface area (Å²) in [6.45, 7) is 1.92. The van der Waals surface area contributed by atoms with Crippen LogP contribution in [0.1, 0.15) is 29.5 Å². The summed E-state index contributed by atoms with van der Waals surface area (Å²) in [5.74, 6) is -0.421. The van der Waals surface area contributed by atoms with E-state index < -0.39 is 0 Å². The van der Waals surface area contributed by atoms with E-state index >= 15 is 0 Å². The number of carbonyl (C=O) groups excluding carboxylic acids is 2. The SMILES string of the molecule is Cc1nc(C2CC(=O)NC(=O)C2)cs1. The van der Waals surface area contributed by atoms with Crippen molar-refractivity contribution in [3.8, 4) is 0 Å². The number of imide groups is 1. The summed E-state index contributed by atoms with van der Waals surface area (Å²) in [6, 6.07) is 0. The molecule has 0 aromatic carbocycles. The first-order valence-corrected chi connectivity index (χ1v) is 5.28. The summed E-state index contributed by atoms with van der Waals surface area (Å²) in [7, 11) is 0. The summed E-state index contributed by atoms with van der Waals surface area (Å²) in [4.78, 5) is 26.5. The van der Waals surface area contributed by atoms with E-state index in [2.05, 4.69) is 10.3 Å². The van der Waals surface area contributed by atoms with E-state index in [9.17, 15) is 9.59 Å². The highest BCUT2D eigenvalue weighted by atomic mass is 32.1. The Hall–Kier alpha value is -1.23. The third kappa shape index (κ3) is 1.82. The minimum absolute atomic E-state index is 0.0267. The molecule has 2 amide bonds. The fourth-order valence-corrected chi connectivity index (χ4v) is 2.25. The molecule has 1 aliphatic rings. The molecule has 5 heteroatoms. The van der Waals surface area contributed by atoms with Crippen LogP contribution in [-0.4, -0.2) is 16.8 Å². The lowest BCUT2D eigenvalue weighted by Gasteiger charge is -2.18. The summed E-state index contributed by atoms with van der Waals surface area (Å²) in [5.41, 5.74) is 0.871. The molecular formula is C9H10N2O2S. The molecule has 0 unspecified atom stereocenters. The van der Waals surface area contributed by atoms with Gasteiger partial charge in [-0.1, -0.05) is 0 Å². The number of amides is 2. The van der Waals surface area contributed by atoms with Crippen molar-refractivity contribution in [2.75, 3.05) is 0 Å². The number of hydrogen-bond acceptors (Lipinski definition) is 4. The van der Waals surface area contributed by atoms with Crippen molar-refractivity contribution in [2.24, 2.45) is 0 Å². The predicted molar refractivity (Wildman–Crippen MR) is 52.0 cm³/mol. The molecule has 14 heavy (non-hydrogen) atoms. The number of aromatic nitrogens is 1. The zero-order valence-corrected chi connectivity index (χ0v) is 8.56. The van der Waals surface area contributed by atoms with Crippen LogP contribution in [0.25, 0.3) is 0 Å². The lowest BCUT2D eigenvalue weighted by Crippen LogP contribution is -2.37. The number of nitrogens with one attached hydrogen (secondary N) is 1. The molecule has 0 bridgehead atoms. The fourth-order valence-electron chi connectivity index (χ4n) is 1.55. The Balaban J connectivity index is 2.18. The Morgan fingerprint density at radius 2 is 2.07 bits per heavy atom. The highest BCUT2D eigenvalue weighted by Crippen LogP contribution is 2.26. The highest BCUT2D eigenvalue weighted by molar-refractivity contribution is 7.09. The van der Waals surface area contributed by atoms with Crippen molar-refractivity contribution < 1.29 is 9.59 Å². The summed E-state index contributed by atoms with van der Waals surface area (Å²) < 4.78 is 0. The maximum atomic E-state index is 11.1. The second kappa shape index (κ2) is 3.49. The van der Waals surface area contributed by atoms with Crippen LogP contribution in [-0.2, 0) is 9.59 Å². The van der Waals surface area contributed by atoms with Gasteiger partial charge in [0.05, 0.1) is 10.7 Å². The van der Waals surface area contributed by atoms with E-state index in [1.54, 1.807) is 11.3 Å². The molecule has 1 aromatic heterocycles. The number of aryl methyl sites for hydroxylation is 1. The lowest BCUT2D eigenvalue weighted by molar-refractivity contribution is -0.133. The number of carbonyl (C=O) groups is 2. The fraction of sp³-hybridized carbons (Fsp3) is 0.444. The van der Waals surface area contributed by atoms with Gasteiger partial charge in [-0.25, -0.2) is 4.98 Å². The Bertz CT molecular complexity index is 370. The topological polar surface area (TPSA) is 59.1 Å². The molecule has 1 aliphatic heterocycles. The van der Waals surface area contributed by atoms with Crippen molar-refractivity contribution in [1.29, 1.82) is 0 Å². The monoisotopic (exact) mass is 210 g/mol. The van der Waals surface area contributed by atoms with E-state index in [1.165, 1.54) is 0 Å². The molecule has 0 saturated carbocycles. The van der Waals surface area contributed by atoms with Crippen LogP contribution in [0.5, 0.6) is 0 Å². The first kappa shape index (κ1) is 9.33. The van der Waals surface area contributed by atoms with Gasteiger partial charge < -0.3 is 0 Å². The number of hydrogen-bond donors (Lipinski definition) is 1. The van der Waals surface area contributed by atoms with Crippen molar-refractivity contribution >= 4 is 23.2 Å². The Morgan fingerprint density at radius 1 is 1.43 bits per heavy atom. The molecule has 0 atom stereocenters. The molecule has 2 heterocycles. The van der Waals surface area contributed by atoms with E-state index in [4.69, 9.17) is 0 Å². The zero-order chi connectivity index (χ0) is 10.1. The standard InChI is InChI=1S/C9H10N2O2S/c1-5-10-7(4-14-5)6-2-8(12)11-9(13)3-6/h4,6H,2-3H2,1H3,(H,11,12,13). The molecule has 1 saturated heterocycles. The summed E-state index contributed by atoms with van der Waals surface area (Å²) in [6.07, 6.45) is 0.740. The van der Waals surface area contributed by atoms with E-state index in [-0.39, 0.29) is 17.7 Å². The van der Waals surface area contributed by atoms with E-state index in [0.717, 1.165) is 10.7 Å². The van der Waals surface area contributed by atoms with Gasteiger partial charge in [0.2, 0.25) is 11.8 Å². The largest absolute Gasteiger partial charge is 0.296 e. The van der Waals surface area contributed by atoms with Crippen molar-refractivity contribution in [2.45, 2.75) is 25.7 Å². The molecule has 74 valence electrons. The third-order valence-corrected chi connectivity index (χ3v) is 2.99. The normalized spacial score (nSPS) is 18.4. The van der Waals surface area contributed by atoms with Gasteiger partial charge in [0.25, 0.3) is 0 Å². The van der Waals surface area contributed by atoms with Gasteiger partial charge >= 0.3 is 0 Å². The van der Waals surface area contributed by atoms with Gasteiger partial charge in [-0.3, -0.25) is 14.9 Å². The smallest absolute Gasteiger partial charge is 0.227 e. The number of thiazole rings is 1. The summed E-state index contributed by atoms with van der Waals surface area (Å²) in [5, 5.41) is 5.18. The molecule has 2 rings (SSSR count). The van der Waals surface area contributed by atoms with Gasteiger partial charge in [0, 0.05) is 24.1 Å². The molecular weight excluding hydrogens is 200 g/mol. The average molecular weight is 210 g/mol. The third-order valence-electron chi connectivity index (χ3n) is 2.20. The van der Waals surface area contributed by atoms with Gasteiger partial charge in [-0.15, -0.1) is 11.3 Å². The Morgan fingerprint density at radius 3 is 2.57 bits per heavy atom. The van der Waals surface area contributed by atoms with Crippen LogP contribution in [0.3, 0.4) is 0 Å². The molecule has 1 fully saturated rings. The summed E-state index contributed by atoms with van der Waals surface area (Å²) >= 11 is 1.55. The average Bonchev–Trinajstić information content (AvgIpc) is 2.50. The van der Waals surface area contributed by atoms with Gasteiger partial charge in [-0.2, -0.15) is 0 Å². The maximum absolute atomic E-state index is 11.1.